The van der Waals surface area contributed by atoms with Crippen LogP contribution in [0.15, 0.2) is 121 Å². The Kier molecular flexibility index (Phi) is 12.4. The van der Waals surface area contributed by atoms with E-state index in [-0.39, 0.29) is 0 Å². The number of benzene rings is 4. The van der Waals surface area contributed by atoms with Crippen molar-refractivity contribution >= 4 is 17.9 Å². The van der Waals surface area contributed by atoms with E-state index in [0.29, 0.717) is 22.3 Å². The molecule has 4 rings (SSSR count). The van der Waals surface area contributed by atoms with Crippen molar-refractivity contribution in [3.05, 3.63) is 144 Å². The van der Waals surface area contributed by atoms with Gasteiger partial charge in [0.05, 0.1) is 0 Å². The van der Waals surface area contributed by atoms with Crippen molar-refractivity contribution in [2.45, 2.75) is 30.5 Å². The highest BCUT2D eigenvalue weighted by atomic mass is 16.6. The predicted octanol–water partition coefficient (Wildman–Crippen LogP) is 5.89. The standard InChI is InChI=1S/C36H36O9/c1-40-31(26-18-10-5-11-19-26)34(37)43-24-29(44-35(38)32(41-2)27-20-12-6-13-21-27)30(25-16-8-4-9-17-25)45-36(39)33(42-3)28-22-14-7-15-23-28/h4-23,29-33H,24H2,1-3H3/t29-,30+,31+,32+,33+/m1/s1. The van der Waals surface area contributed by atoms with E-state index in [4.69, 9.17) is 28.4 Å². The normalized spacial score (nSPS) is 14.3. The van der Waals surface area contributed by atoms with Gasteiger partial charge in [-0.3, -0.25) is 0 Å². The molecule has 0 aliphatic rings. The third kappa shape index (κ3) is 8.86. The van der Waals surface area contributed by atoms with Gasteiger partial charge in [0, 0.05) is 21.3 Å². The van der Waals surface area contributed by atoms with Gasteiger partial charge in [0.15, 0.2) is 30.5 Å². The molecule has 0 heterocycles. The predicted molar refractivity (Wildman–Crippen MR) is 165 cm³/mol. The Hall–Kier alpha value is -4.83. The smallest absolute Gasteiger partial charge is 0.340 e. The number of carbonyl (C=O) groups excluding carboxylic acids is 3. The zero-order valence-corrected chi connectivity index (χ0v) is 25.3. The Balaban J connectivity index is 1.67. The number of hydrogen-bond donors (Lipinski definition) is 0. The maximum absolute atomic E-state index is 13.6. The molecule has 0 radical (unpaired) electrons. The van der Waals surface area contributed by atoms with Crippen LogP contribution in [0.25, 0.3) is 0 Å². The summed E-state index contributed by atoms with van der Waals surface area (Å²) in [6.45, 7) is -0.460. The molecule has 0 aliphatic heterocycles. The minimum absolute atomic E-state index is 0.460. The van der Waals surface area contributed by atoms with Crippen molar-refractivity contribution in [2.75, 3.05) is 27.9 Å². The molecule has 0 unspecified atom stereocenters. The molecule has 0 N–H and O–H groups in total. The first-order valence-corrected chi connectivity index (χ1v) is 14.3. The zero-order valence-electron chi connectivity index (χ0n) is 25.3. The second-order valence-electron chi connectivity index (χ2n) is 9.95. The lowest BCUT2D eigenvalue weighted by molar-refractivity contribution is -0.189. The fourth-order valence-corrected chi connectivity index (χ4v) is 4.81. The number of methoxy groups -OCH3 is 3. The van der Waals surface area contributed by atoms with Crippen LogP contribution in [-0.4, -0.2) is 51.9 Å². The molecule has 0 saturated carbocycles. The topological polar surface area (TPSA) is 107 Å². The summed E-state index contributed by atoms with van der Waals surface area (Å²) in [7, 11) is 4.17. The maximum Gasteiger partial charge on any atom is 0.340 e. The van der Waals surface area contributed by atoms with Crippen LogP contribution in [0.3, 0.4) is 0 Å². The van der Waals surface area contributed by atoms with Crippen LogP contribution in [0.1, 0.15) is 46.7 Å². The van der Waals surface area contributed by atoms with E-state index in [1.165, 1.54) is 21.3 Å². The minimum Gasteiger partial charge on any atom is -0.459 e. The Morgan fingerprint density at radius 1 is 0.467 bits per heavy atom. The molecule has 0 fully saturated rings. The minimum atomic E-state index is -1.28. The molecule has 9 nitrogen and oxygen atoms in total. The first-order chi connectivity index (χ1) is 22.0. The molecule has 5 atom stereocenters. The molecule has 45 heavy (non-hydrogen) atoms. The van der Waals surface area contributed by atoms with E-state index in [1.54, 1.807) is 103 Å². The summed E-state index contributed by atoms with van der Waals surface area (Å²) in [4.78, 5) is 40.5. The van der Waals surface area contributed by atoms with Crippen molar-refractivity contribution in [3.8, 4) is 0 Å². The van der Waals surface area contributed by atoms with Crippen molar-refractivity contribution in [1.82, 2.24) is 0 Å². The Bertz CT molecular complexity index is 1480. The van der Waals surface area contributed by atoms with Crippen molar-refractivity contribution in [3.63, 3.8) is 0 Å². The molecule has 0 spiro atoms. The zero-order chi connectivity index (χ0) is 32.0. The number of esters is 3. The average molecular weight is 613 g/mol. The summed E-state index contributed by atoms with van der Waals surface area (Å²) < 4.78 is 34.1. The number of ether oxygens (including phenoxy) is 6. The first kappa shape index (κ1) is 33.1. The molecular formula is C36H36O9. The Morgan fingerprint density at radius 2 is 0.800 bits per heavy atom. The molecule has 0 aromatic heterocycles. The molecule has 9 heteroatoms. The molecule has 0 bridgehead atoms. The van der Waals surface area contributed by atoms with E-state index in [9.17, 15) is 14.4 Å². The summed E-state index contributed by atoms with van der Waals surface area (Å²) >= 11 is 0. The third-order valence-electron chi connectivity index (χ3n) is 7.02. The molecular weight excluding hydrogens is 576 g/mol. The Labute approximate surface area is 262 Å². The van der Waals surface area contributed by atoms with Crippen LogP contribution < -0.4 is 0 Å². The van der Waals surface area contributed by atoms with Gasteiger partial charge in [0.2, 0.25) is 0 Å². The largest absolute Gasteiger partial charge is 0.459 e. The summed E-state index contributed by atoms with van der Waals surface area (Å²) in [6, 6.07) is 35.2. The van der Waals surface area contributed by atoms with Crippen molar-refractivity contribution in [1.29, 1.82) is 0 Å². The summed E-state index contributed by atoms with van der Waals surface area (Å²) in [6.07, 6.45) is -5.67. The van der Waals surface area contributed by atoms with Crippen LogP contribution in [0, 0.1) is 0 Å². The SMILES string of the molecule is CO[C@H](C(=O)OC[C@@H](OC(=O)[C@@H](OC)c1ccccc1)[C@@H](OC(=O)[C@@H](OC)c1ccccc1)c1ccccc1)c1ccccc1. The van der Waals surface area contributed by atoms with Gasteiger partial charge in [0.25, 0.3) is 0 Å². The second-order valence-corrected chi connectivity index (χ2v) is 9.95. The number of carbonyl (C=O) groups is 3. The quantitative estimate of drug-likeness (QED) is 0.120. The molecule has 234 valence electrons. The van der Waals surface area contributed by atoms with E-state index >= 15 is 0 Å². The highest BCUT2D eigenvalue weighted by molar-refractivity contribution is 5.78. The lowest BCUT2D eigenvalue weighted by Crippen LogP contribution is -2.37. The first-order valence-electron chi connectivity index (χ1n) is 14.3. The van der Waals surface area contributed by atoms with Crippen molar-refractivity contribution < 1.29 is 42.8 Å². The summed E-state index contributed by atoms with van der Waals surface area (Å²) in [5.41, 5.74) is 2.22. The average Bonchev–Trinajstić information content (AvgIpc) is 3.08. The van der Waals surface area contributed by atoms with Gasteiger partial charge in [-0.25, -0.2) is 14.4 Å². The number of rotatable bonds is 15. The van der Waals surface area contributed by atoms with E-state index in [1.807, 2.05) is 18.2 Å². The lowest BCUT2D eigenvalue weighted by atomic mass is 10.0. The summed E-state index contributed by atoms with van der Waals surface area (Å²) in [5, 5.41) is 0. The molecule has 0 amide bonds. The molecule has 0 saturated heterocycles. The highest BCUT2D eigenvalue weighted by Crippen LogP contribution is 2.30. The van der Waals surface area contributed by atoms with Crippen LogP contribution in [-0.2, 0) is 42.8 Å². The number of hydrogen-bond acceptors (Lipinski definition) is 9. The van der Waals surface area contributed by atoms with Gasteiger partial charge in [-0.2, -0.15) is 0 Å². The molecule has 4 aromatic rings. The lowest BCUT2D eigenvalue weighted by Gasteiger charge is -2.30. The van der Waals surface area contributed by atoms with Crippen molar-refractivity contribution in [2.24, 2.45) is 0 Å². The van der Waals surface area contributed by atoms with Gasteiger partial charge in [-0.1, -0.05) is 121 Å². The van der Waals surface area contributed by atoms with Gasteiger partial charge in [-0.05, 0) is 22.3 Å². The molecule has 4 aromatic carbocycles. The van der Waals surface area contributed by atoms with Crippen LogP contribution in [0.4, 0.5) is 0 Å². The van der Waals surface area contributed by atoms with E-state index < -0.39 is 55.0 Å². The third-order valence-corrected chi connectivity index (χ3v) is 7.02. The van der Waals surface area contributed by atoms with Gasteiger partial charge < -0.3 is 28.4 Å². The van der Waals surface area contributed by atoms with Gasteiger partial charge in [-0.15, -0.1) is 0 Å². The van der Waals surface area contributed by atoms with Crippen LogP contribution in [0.2, 0.25) is 0 Å². The van der Waals surface area contributed by atoms with Gasteiger partial charge in [0.1, 0.15) is 6.61 Å². The Morgan fingerprint density at radius 3 is 1.18 bits per heavy atom. The molecule has 0 aliphatic carbocycles. The van der Waals surface area contributed by atoms with E-state index in [0.717, 1.165) is 0 Å². The van der Waals surface area contributed by atoms with Gasteiger partial charge >= 0.3 is 17.9 Å². The van der Waals surface area contributed by atoms with Crippen LogP contribution >= 0.6 is 0 Å². The summed E-state index contributed by atoms with van der Waals surface area (Å²) in [5.74, 6) is -2.21. The maximum atomic E-state index is 13.6. The fourth-order valence-electron chi connectivity index (χ4n) is 4.81. The fraction of sp³-hybridized carbons (Fsp3) is 0.250. The highest BCUT2D eigenvalue weighted by Gasteiger charge is 2.37. The van der Waals surface area contributed by atoms with Crippen LogP contribution in [0.5, 0.6) is 0 Å². The second kappa shape index (κ2) is 16.9. The monoisotopic (exact) mass is 612 g/mol. The van der Waals surface area contributed by atoms with E-state index in [2.05, 4.69) is 0 Å².